The van der Waals surface area contributed by atoms with Gasteiger partial charge in [-0.1, -0.05) is 64.7 Å². The fourth-order valence-electron chi connectivity index (χ4n) is 3.93. The zero-order chi connectivity index (χ0) is 20.9. The lowest BCUT2D eigenvalue weighted by Crippen LogP contribution is -2.29. The molecule has 0 radical (unpaired) electrons. The summed E-state index contributed by atoms with van der Waals surface area (Å²) in [5, 5.41) is 7.99. The Bertz CT molecular complexity index is 643. The zero-order valence-corrected chi connectivity index (χ0v) is 19.9. The Morgan fingerprint density at radius 2 is 1.62 bits per heavy atom. The van der Waals surface area contributed by atoms with Gasteiger partial charge in [-0.2, -0.15) is 0 Å². The molecule has 29 heavy (non-hydrogen) atoms. The largest absolute Gasteiger partial charge is 0.465 e. The first-order valence-electron chi connectivity index (χ1n) is 11.4. The summed E-state index contributed by atoms with van der Waals surface area (Å²) in [7, 11) is 1.45. The monoisotopic (exact) mass is 438 g/mol. The number of unbranched alkanes of at least 4 members (excludes halogenated alkanes) is 9. The van der Waals surface area contributed by atoms with E-state index in [1.807, 2.05) is 0 Å². The van der Waals surface area contributed by atoms with E-state index in [4.69, 9.17) is 17.0 Å². The van der Waals surface area contributed by atoms with Crippen molar-refractivity contribution < 1.29 is 9.53 Å². The van der Waals surface area contributed by atoms with Crippen molar-refractivity contribution in [1.82, 2.24) is 5.32 Å². The van der Waals surface area contributed by atoms with Crippen LogP contribution >= 0.6 is 23.6 Å². The maximum atomic E-state index is 12.3. The Morgan fingerprint density at radius 1 is 1.00 bits per heavy atom. The molecule has 0 bridgehead atoms. The van der Waals surface area contributed by atoms with E-state index in [-0.39, 0.29) is 5.97 Å². The number of hydrogen-bond donors (Lipinski definition) is 2. The van der Waals surface area contributed by atoms with Crippen molar-refractivity contribution in [3.8, 4) is 0 Å². The van der Waals surface area contributed by atoms with Crippen LogP contribution in [0.15, 0.2) is 0 Å². The number of rotatable bonds is 13. The van der Waals surface area contributed by atoms with Crippen LogP contribution in [0.4, 0.5) is 5.00 Å². The number of carbonyl (C=O) groups excluding carboxylic acids is 1. The van der Waals surface area contributed by atoms with E-state index in [1.165, 1.54) is 76.2 Å². The number of ether oxygens (including phenoxy) is 1. The summed E-state index contributed by atoms with van der Waals surface area (Å²) >= 11 is 7.12. The van der Waals surface area contributed by atoms with Crippen LogP contribution in [0.2, 0.25) is 0 Å². The fraction of sp³-hybridized carbons (Fsp3) is 0.739. The molecular weight excluding hydrogens is 400 g/mol. The molecule has 2 rings (SSSR count). The van der Waals surface area contributed by atoms with Crippen molar-refractivity contribution in [3.05, 3.63) is 16.0 Å². The van der Waals surface area contributed by atoms with Gasteiger partial charge in [-0.25, -0.2) is 4.79 Å². The van der Waals surface area contributed by atoms with Crippen LogP contribution in [0.5, 0.6) is 0 Å². The number of carbonyl (C=O) groups is 1. The third-order valence-electron chi connectivity index (χ3n) is 5.60. The van der Waals surface area contributed by atoms with Gasteiger partial charge in [0, 0.05) is 11.4 Å². The number of thiophene rings is 1. The second-order valence-corrected chi connectivity index (χ2v) is 9.48. The van der Waals surface area contributed by atoms with E-state index >= 15 is 0 Å². The number of thiocarbonyl (C=S) groups is 1. The molecule has 1 aliphatic rings. The molecule has 0 atom stereocenters. The number of hydrogen-bond acceptors (Lipinski definition) is 4. The maximum absolute atomic E-state index is 12.3. The Kier molecular flexibility index (Phi) is 11.6. The van der Waals surface area contributed by atoms with Crippen LogP contribution in [0, 0.1) is 0 Å². The van der Waals surface area contributed by atoms with Gasteiger partial charge in [0.15, 0.2) is 5.11 Å². The number of nitrogens with one attached hydrogen (secondary N) is 2. The van der Waals surface area contributed by atoms with Crippen LogP contribution in [-0.2, 0) is 17.6 Å². The summed E-state index contributed by atoms with van der Waals surface area (Å²) in [5.74, 6) is -0.260. The molecule has 0 aromatic carbocycles. The van der Waals surface area contributed by atoms with E-state index < -0.39 is 0 Å². The van der Waals surface area contributed by atoms with Gasteiger partial charge in [0.1, 0.15) is 5.00 Å². The van der Waals surface area contributed by atoms with Gasteiger partial charge >= 0.3 is 5.97 Å². The maximum Gasteiger partial charge on any atom is 0.341 e. The zero-order valence-electron chi connectivity index (χ0n) is 18.2. The molecule has 0 saturated carbocycles. The van der Waals surface area contributed by atoms with E-state index in [1.54, 1.807) is 11.3 Å². The number of esters is 1. The van der Waals surface area contributed by atoms with Crippen molar-refractivity contribution >= 4 is 39.6 Å². The summed E-state index contributed by atoms with van der Waals surface area (Å²) in [5.41, 5.74) is 1.85. The van der Waals surface area contributed by atoms with Crippen molar-refractivity contribution in [3.63, 3.8) is 0 Å². The molecule has 6 heteroatoms. The van der Waals surface area contributed by atoms with Gasteiger partial charge in [-0.15, -0.1) is 11.3 Å². The van der Waals surface area contributed by atoms with E-state index in [0.29, 0.717) is 10.7 Å². The van der Waals surface area contributed by atoms with Gasteiger partial charge < -0.3 is 15.4 Å². The molecule has 1 aliphatic carbocycles. The smallest absolute Gasteiger partial charge is 0.341 e. The first-order valence-corrected chi connectivity index (χ1v) is 12.7. The number of anilines is 1. The second kappa shape index (κ2) is 14.0. The molecule has 1 heterocycles. The standard InChI is InChI=1S/C23H38N2O2S2/c1-3-4-5-6-7-8-9-10-11-14-17-24-23(28)25-21-20(22(26)27-2)18-15-12-13-16-19(18)29-21/h3-17H2,1-2H3,(H2,24,25,28). The van der Waals surface area contributed by atoms with Crippen molar-refractivity contribution in [2.45, 2.75) is 96.8 Å². The lowest BCUT2D eigenvalue weighted by molar-refractivity contribution is 0.0601. The first-order chi connectivity index (χ1) is 14.2. The summed E-state index contributed by atoms with van der Waals surface area (Å²) in [6.45, 7) is 3.14. The normalized spacial score (nSPS) is 13.0. The number of methoxy groups -OCH3 is 1. The lowest BCUT2D eigenvalue weighted by atomic mass is 9.95. The predicted molar refractivity (Wildman–Crippen MR) is 128 cm³/mol. The number of aryl methyl sites for hydroxylation is 1. The van der Waals surface area contributed by atoms with Gasteiger partial charge in [-0.05, 0) is 49.9 Å². The molecule has 0 unspecified atom stereocenters. The highest BCUT2D eigenvalue weighted by molar-refractivity contribution is 7.80. The summed E-state index contributed by atoms with van der Waals surface area (Å²) in [6, 6.07) is 0. The minimum absolute atomic E-state index is 0.260. The van der Waals surface area contributed by atoms with Gasteiger partial charge in [0.25, 0.3) is 0 Å². The lowest BCUT2D eigenvalue weighted by Gasteiger charge is -2.12. The Balaban J connectivity index is 1.64. The van der Waals surface area contributed by atoms with Crippen LogP contribution in [0.1, 0.15) is 105 Å². The highest BCUT2D eigenvalue weighted by Gasteiger charge is 2.26. The second-order valence-electron chi connectivity index (χ2n) is 7.97. The Labute approximate surface area is 186 Å². The molecule has 164 valence electrons. The SMILES string of the molecule is CCCCCCCCCCCCNC(=S)Nc1sc2c(c1C(=O)OC)CCCC2. The highest BCUT2D eigenvalue weighted by Crippen LogP contribution is 2.38. The summed E-state index contributed by atoms with van der Waals surface area (Å²) < 4.78 is 5.02. The third kappa shape index (κ3) is 8.25. The average molecular weight is 439 g/mol. The highest BCUT2D eigenvalue weighted by atomic mass is 32.1. The molecule has 4 nitrogen and oxygen atoms in total. The molecule has 0 fully saturated rings. The third-order valence-corrected chi connectivity index (χ3v) is 7.06. The van der Waals surface area contributed by atoms with Gasteiger partial charge in [0.2, 0.25) is 0 Å². The fourth-order valence-corrected chi connectivity index (χ4v) is 5.48. The molecule has 1 aromatic heterocycles. The quantitative estimate of drug-likeness (QED) is 0.206. The first kappa shape index (κ1) is 24.1. The number of fused-ring (bicyclic) bond motifs is 1. The van der Waals surface area contributed by atoms with Crippen LogP contribution < -0.4 is 10.6 Å². The molecule has 0 amide bonds. The van der Waals surface area contributed by atoms with Crippen LogP contribution in [0.25, 0.3) is 0 Å². The molecule has 0 spiro atoms. The van der Waals surface area contributed by atoms with E-state index in [0.717, 1.165) is 42.8 Å². The summed E-state index contributed by atoms with van der Waals surface area (Å²) in [4.78, 5) is 13.6. The minimum Gasteiger partial charge on any atom is -0.465 e. The molecular formula is C23H38N2O2S2. The molecule has 0 saturated heterocycles. The minimum atomic E-state index is -0.260. The molecule has 1 aromatic rings. The van der Waals surface area contributed by atoms with Crippen molar-refractivity contribution in [2.24, 2.45) is 0 Å². The summed E-state index contributed by atoms with van der Waals surface area (Å²) in [6.07, 6.45) is 17.6. The Morgan fingerprint density at radius 3 is 2.28 bits per heavy atom. The molecule has 2 N–H and O–H groups in total. The topological polar surface area (TPSA) is 50.4 Å². The van der Waals surface area contributed by atoms with Crippen LogP contribution in [-0.4, -0.2) is 24.7 Å². The van der Waals surface area contributed by atoms with E-state index in [2.05, 4.69) is 17.6 Å². The average Bonchev–Trinajstić information content (AvgIpc) is 3.09. The molecule has 0 aliphatic heterocycles. The predicted octanol–water partition coefficient (Wildman–Crippen LogP) is 6.62. The van der Waals surface area contributed by atoms with Crippen molar-refractivity contribution in [2.75, 3.05) is 19.0 Å². The Hall–Kier alpha value is -1.14. The van der Waals surface area contributed by atoms with Crippen LogP contribution in [0.3, 0.4) is 0 Å². The van der Waals surface area contributed by atoms with Gasteiger partial charge in [-0.3, -0.25) is 0 Å². The van der Waals surface area contributed by atoms with Gasteiger partial charge in [0.05, 0.1) is 12.7 Å². The van der Waals surface area contributed by atoms with Crippen molar-refractivity contribution in [1.29, 1.82) is 0 Å². The van der Waals surface area contributed by atoms with E-state index in [9.17, 15) is 4.79 Å².